The summed E-state index contributed by atoms with van der Waals surface area (Å²) in [6.07, 6.45) is 19.2. The molecule has 0 aromatic carbocycles. The first-order valence-corrected chi connectivity index (χ1v) is 17.3. The minimum Gasteiger partial charge on any atom is -0.469 e. The Kier molecular flexibility index (Phi) is 14.6. The van der Waals surface area contributed by atoms with E-state index in [1.54, 1.807) is 0 Å². The van der Waals surface area contributed by atoms with Crippen LogP contribution in [0.2, 0.25) is 0 Å². The van der Waals surface area contributed by atoms with Gasteiger partial charge in [0.25, 0.3) is 0 Å². The van der Waals surface area contributed by atoms with Crippen molar-refractivity contribution >= 4 is 17.5 Å². The maximum absolute atomic E-state index is 13.4. The van der Waals surface area contributed by atoms with Crippen LogP contribution in [0.3, 0.4) is 0 Å². The number of unbranched alkanes of at least 4 members (excludes halogenated alkanes) is 2. The van der Waals surface area contributed by atoms with E-state index in [4.69, 9.17) is 23.7 Å². The van der Waals surface area contributed by atoms with Crippen molar-refractivity contribution in [3.8, 4) is 0 Å². The third kappa shape index (κ3) is 11.1. The van der Waals surface area contributed by atoms with Crippen molar-refractivity contribution in [1.29, 1.82) is 0 Å². The molecule has 0 amide bonds. The van der Waals surface area contributed by atoms with E-state index in [0.717, 1.165) is 63.9 Å². The van der Waals surface area contributed by atoms with Crippen LogP contribution in [-0.2, 0) is 38.1 Å². The van der Waals surface area contributed by atoms with Gasteiger partial charge in [-0.25, -0.2) is 0 Å². The molecule has 43 heavy (non-hydrogen) atoms. The second-order valence-electron chi connectivity index (χ2n) is 13.2. The van der Waals surface area contributed by atoms with E-state index >= 15 is 0 Å². The Morgan fingerprint density at radius 2 is 1.70 bits per heavy atom. The molecule has 4 rings (SSSR count). The van der Waals surface area contributed by atoms with Gasteiger partial charge in [-0.05, 0) is 76.0 Å². The lowest BCUT2D eigenvalue weighted by molar-refractivity contribution is -0.193. The number of hydrogen-bond donors (Lipinski definition) is 0. The third-order valence-electron chi connectivity index (χ3n) is 9.92. The zero-order chi connectivity index (χ0) is 30.4. The number of carbonyl (C=O) groups is 3. The minimum absolute atomic E-state index is 0.0640. The van der Waals surface area contributed by atoms with Gasteiger partial charge in [0, 0.05) is 50.7 Å². The summed E-state index contributed by atoms with van der Waals surface area (Å²) in [5.41, 5.74) is 0. The number of methoxy groups -OCH3 is 1. The molecule has 2 aliphatic carbocycles. The van der Waals surface area contributed by atoms with E-state index < -0.39 is 5.92 Å². The lowest BCUT2D eigenvalue weighted by atomic mass is 9.87. The fourth-order valence-corrected chi connectivity index (χ4v) is 7.37. The van der Waals surface area contributed by atoms with Gasteiger partial charge in [0.1, 0.15) is 11.6 Å². The highest BCUT2D eigenvalue weighted by Gasteiger charge is 2.44. The monoisotopic (exact) mass is 604 g/mol. The first-order chi connectivity index (χ1) is 21.0. The fourth-order valence-electron chi connectivity index (χ4n) is 7.37. The Hall–Kier alpha value is -1.61. The van der Waals surface area contributed by atoms with Gasteiger partial charge < -0.3 is 23.7 Å². The molecule has 4 aliphatic rings. The van der Waals surface area contributed by atoms with E-state index in [0.29, 0.717) is 44.6 Å². The van der Waals surface area contributed by atoms with Gasteiger partial charge in [-0.2, -0.15) is 0 Å². The number of ether oxygens (including phenoxy) is 5. The lowest BCUT2D eigenvalue weighted by Gasteiger charge is -2.31. The van der Waals surface area contributed by atoms with Crippen molar-refractivity contribution in [3.63, 3.8) is 0 Å². The molecule has 0 aromatic heterocycles. The number of rotatable bonds is 17. The van der Waals surface area contributed by atoms with Crippen LogP contribution in [0.4, 0.5) is 0 Å². The Labute approximate surface area is 258 Å². The Bertz CT molecular complexity index is 890. The molecular formula is C35H56O8. The summed E-state index contributed by atoms with van der Waals surface area (Å²) >= 11 is 0. The van der Waals surface area contributed by atoms with Gasteiger partial charge >= 0.3 is 5.97 Å². The summed E-state index contributed by atoms with van der Waals surface area (Å²) in [4.78, 5) is 37.8. The van der Waals surface area contributed by atoms with Crippen LogP contribution in [0.25, 0.3) is 0 Å². The molecule has 0 bridgehead atoms. The summed E-state index contributed by atoms with van der Waals surface area (Å²) in [6.45, 7) is 3.67. The molecule has 4 unspecified atom stereocenters. The third-order valence-corrected chi connectivity index (χ3v) is 9.92. The van der Waals surface area contributed by atoms with Crippen molar-refractivity contribution in [1.82, 2.24) is 0 Å². The summed E-state index contributed by atoms with van der Waals surface area (Å²) in [7, 11) is 1.37. The smallest absolute Gasteiger partial charge is 0.305 e. The maximum Gasteiger partial charge on any atom is 0.305 e. The molecule has 4 fully saturated rings. The molecule has 2 aliphatic heterocycles. The molecule has 244 valence electrons. The van der Waals surface area contributed by atoms with Crippen LogP contribution in [-0.4, -0.2) is 62.6 Å². The van der Waals surface area contributed by atoms with Gasteiger partial charge in [-0.3, -0.25) is 14.4 Å². The lowest BCUT2D eigenvalue weighted by Crippen LogP contribution is -2.32. The maximum atomic E-state index is 13.4. The molecule has 0 N–H and O–H groups in total. The highest BCUT2D eigenvalue weighted by atomic mass is 16.7. The fraction of sp³-hybridized carbons (Fsp3) is 0.857. The van der Waals surface area contributed by atoms with Crippen LogP contribution in [0.1, 0.15) is 122 Å². The van der Waals surface area contributed by atoms with Crippen molar-refractivity contribution in [2.75, 3.05) is 20.3 Å². The highest BCUT2D eigenvalue weighted by Crippen LogP contribution is 2.40. The van der Waals surface area contributed by atoms with Crippen LogP contribution < -0.4 is 0 Å². The molecule has 2 heterocycles. The number of hydrogen-bond acceptors (Lipinski definition) is 8. The molecule has 8 atom stereocenters. The zero-order valence-corrected chi connectivity index (χ0v) is 26.7. The first-order valence-electron chi connectivity index (χ1n) is 17.3. The van der Waals surface area contributed by atoms with E-state index in [1.165, 1.54) is 32.8 Å². The molecule has 0 radical (unpaired) electrons. The predicted molar refractivity (Wildman–Crippen MR) is 163 cm³/mol. The zero-order valence-electron chi connectivity index (χ0n) is 26.7. The predicted octanol–water partition coefficient (Wildman–Crippen LogP) is 6.87. The van der Waals surface area contributed by atoms with Crippen LogP contribution >= 0.6 is 0 Å². The standard InChI is InChI=1S/C35H56O8/c1-3-4-11-25-16-17-26(22-25)31(42-34-14-7-9-20-40-34)19-18-28-29(23-27(36)12-5-6-13-33(38)39-2)30(37)24-32(28)43-35-15-8-10-21-41-35/h18-19,25-26,28-29,31-32,34-35H,3-17,20-24H2,1-2H3/b19-18+/t25?,26?,28-,29-,31-,32-,34?,35?/m1/s1. The van der Waals surface area contributed by atoms with Crippen molar-refractivity contribution in [2.24, 2.45) is 23.7 Å². The molecular weight excluding hydrogens is 548 g/mol. The molecule has 2 saturated heterocycles. The summed E-state index contributed by atoms with van der Waals surface area (Å²) in [6, 6.07) is 0. The van der Waals surface area contributed by atoms with Crippen molar-refractivity contribution < 1.29 is 38.1 Å². The number of Topliss-reactive ketones (excluding diaryl/α,β-unsaturated/α-hetero) is 2. The number of carbonyl (C=O) groups excluding carboxylic acids is 3. The number of esters is 1. The SMILES string of the molecule is CCCCC1CCC([C@@H](/C=C/[C@H]2[C@H](OC3CCCCO3)CC(=O)[C@@H]2CC(=O)CCCCC(=O)OC)OC2CCCCO2)C1. The Balaban J connectivity index is 1.46. The van der Waals surface area contributed by atoms with Gasteiger partial charge in [-0.1, -0.05) is 44.8 Å². The van der Waals surface area contributed by atoms with Crippen molar-refractivity contribution in [3.05, 3.63) is 12.2 Å². The van der Waals surface area contributed by atoms with Gasteiger partial charge in [-0.15, -0.1) is 0 Å². The van der Waals surface area contributed by atoms with Gasteiger partial charge in [0.15, 0.2) is 12.6 Å². The Morgan fingerprint density at radius 1 is 0.953 bits per heavy atom. The molecule has 8 nitrogen and oxygen atoms in total. The molecule has 0 spiro atoms. The van der Waals surface area contributed by atoms with Crippen molar-refractivity contribution in [2.45, 2.75) is 147 Å². The summed E-state index contributed by atoms with van der Waals surface area (Å²) in [5.74, 6) is 0.452. The number of ketones is 2. The molecule has 0 aromatic rings. The topological polar surface area (TPSA) is 97.4 Å². The van der Waals surface area contributed by atoms with Crippen LogP contribution in [0.5, 0.6) is 0 Å². The molecule has 2 saturated carbocycles. The highest BCUT2D eigenvalue weighted by molar-refractivity contribution is 5.90. The second kappa shape index (κ2) is 18.4. The van der Waals surface area contributed by atoms with E-state index in [9.17, 15) is 14.4 Å². The van der Waals surface area contributed by atoms with E-state index in [1.807, 2.05) is 0 Å². The summed E-state index contributed by atoms with van der Waals surface area (Å²) < 4.78 is 29.6. The van der Waals surface area contributed by atoms with Crippen LogP contribution in [0, 0.1) is 23.7 Å². The average Bonchev–Trinajstić information content (AvgIpc) is 3.61. The normalized spacial score (nSPS) is 32.3. The second-order valence-corrected chi connectivity index (χ2v) is 13.2. The largest absolute Gasteiger partial charge is 0.469 e. The van der Waals surface area contributed by atoms with E-state index in [2.05, 4.69) is 19.1 Å². The first kappa shape index (κ1) is 34.3. The average molecular weight is 605 g/mol. The van der Waals surface area contributed by atoms with E-state index in [-0.39, 0.29) is 54.7 Å². The Morgan fingerprint density at radius 3 is 2.40 bits per heavy atom. The van der Waals surface area contributed by atoms with Gasteiger partial charge in [0.2, 0.25) is 0 Å². The summed E-state index contributed by atoms with van der Waals surface area (Å²) in [5, 5.41) is 0. The van der Waals surface area contributed by atoms with Gasteiger partial charge in [0.05, 0.1) is 19.3 Å². The van der Waals surface area contributed by atoms with Crippen LogP contribution in [0.15, 0.2) is 12.2 Å². The molecule has 8 heteroatoms. The quantitative estimate of drug-likeness (QED) is 0.101. The minimum atomic E-state index is -0.412.